The third kappa shape index (κ3) is 4.09. The van der Waals surface area contributed by atoms with Gasteiger partial charge in [-0.1, -0.05) is 35.1 Å². The number of aryl methyl sites for hydroxylation is 2. The topological polar surface area (TPSA) is 100 Å². The molecule has 0 bridgehead atoms. The summed E-state index contributed by atoms with van der Waals surface area (Å²) >= 11 is 7.80. The number of aromatic nitrogens is 3. The largest absolute Gasteiger partial charge is 0.365 e. The zero-order valence-electron chi connectivity index (χ0n) is 16.7. The molecule has 0 aliphatic carbocycles. The van der Waals surface area contributed by atoms with Crippen molar-refractivity contribution in [2.45, 2.75) is 13.8 Å². The highest BCUT2D eigenvalue weighted by atomic mass is 35.5. The number of hydrogen-bond acceptors (Lipinski definition) is 8. The van der Waals surface area contributed by atoms with Crippen molar-refractivity contribution in [2.24, 2.45) is 5.73 Å². The molecule has 10 heteroatoms. The van der Waals surface area contributed by atoms with Crippen LogP contribution in [-0.4, -0.2) is 47.0 Å². The average molecular weight is 444 g/mol. The van der Waals surface area contributed by atoms with Crippen molar-refractivity contribution < 1.29 is 4.79 Å². The van der Waals surface area contributed by atoms with Gasteiger partial charge in [0.15, 0.2) is 5.13 Å². The highest BCUT2D eigenvalue weighted by Gasteiger charge is 2.24. The average Bonchev–Trinajstić information content (AvgIpc) is 3.21. The molecule has 1 aliphatic rings. The van der Waals surface area contributed by atoms with Gasteiger partial charge in [-0.05, 0) is 25.5 Å². The molecule has 156 valence electrons. The van der Waals surface area contributed by atoms with Crippen LogP contribution in [0.15, 0.2) is 30.5 Å². The van der Waals surface area contributed by atoms with E-state index in [4.69, 9.17) is 17.3 Å². The van der Waals surface area contributed by atoms with Gasteiger partial charge in [-0.2, -0.15) is 0 Å². The van der Waals surface area contributed by atoms with Gasteiger partial charge in [0.25, 0.3) is 5.91 Å². The van der Waals surface area contributed by atoms with E-state index in [1.54, 1.807) is 0 Å². The maximum absolute atomic E-state index is 11.7. The van der Waals surface area contributed by atoms with Crippen LogP contribution in [0.4, 0.5) is 22.5 Å². The van der Waals surface area contributed by atoms with Crippen LogP contribution in [0.5, 0.6) is 0 Å². The lowest BCUT2D eigenvalue weighted by Crippen LogP contribution is -2.44. The molecule has 4 rings (SSSR count). The van der Waals surface area contributed by atoms with Crippen LogP contribution in [0, 0.1) is 13.8 Å². The Labute approximate surface area is 183 Å². The van der Waals surface area contributed by atoms with Gasteiger partial charge in [0.1, 0.15) is 22.3 Å². The van der Waals surface area contributed by atoms with E-state index in [0.717, 1.165) is 43.2 Å². The Morgan fingerprint density at radius 1 is 1.27 bits per heavy atom. The van der Waals surface area contributed by atoms with E-state index < -0.39 is 5.91 Å². The number of anilines is 4. The number of halogens is 1. The predicted octanol–water partition coefficient (Wildman–Crippen LogP) is 3.18. The van der Waals surface area contributed by atoms with Gasteiger partial charge in [-0.15, -0.1) is 0 Å². The minimum absolute atomic E-state index is 0.368. The first kappa shape index (κ1) is 20.5. The zero-order valence-corrected chi connectivity index (χ0v) is 18.3. The highest BCUT2D eigenvalue weighted by Crippen LogP contribution is 2.42. The maximum Gasteiger partial charge on any atom is 0.260 e. The Hall–Kier alpha value is -2.75. The van der Waals surface area contributed by atoms with Crippen LogP contribution in [0.3, 0.4) is 0 Å². The Balaban J connectivity index is 1.87. The van der Waals surface area contributed by atoms with Gasteiger partial charge in [0, 0.05) is 32.2 Å². The minimum atomic E-state index is -0.519. The number of thiazole rings is 1. The predicted molar refractivity (Wildman–Crippen MR) is 120 cm³/mol. The molecule has 3 heterocycles. The number of para-hydroxylation sites is 1. The number of amides is 1. The first-order chi connectivity index (χ1) is 14.4. The summed E-state index contributed by atoms with van der Waals surface area (Å²) in [5.74, 6) is 1.61. The lowest BCUT2D eigenvalue weighted by atomic mass is 10.2. The smallest absolute Gasteiger partial charge is 0.260 e. The van der Waals surface area contributed by atoms with E-state index in [9.17, 15) is 4.79 Å². The summed E-state index contributed by atoms with van der Waals surface area (Å²) in [6.07, 6.45) is 1.48. The number of hydrogen-bond donors (Lipinski definition) is 2. The van der Waals surface area contributed by atoms with Crippen LogP contribution in [-0.2, 0) is 0 Å². The van der Waals surface area contributed by atoms with Gasteiger partial charge >= 0.3 is 0 Å². The molecule has 30 heavy (non-hydrogen) atoms. The van der Waals surface area contributed by atoms with Crippen molar-refractivity contribution in [3.8, 4) is 0 Å². The Morgan fingerprint density at radius 2 is 2.03 bits per heavy atom. The van der Waals surface area contributed by atoms with Crippen molar-refractivity contribution in [1.29, 1.82) is 0 Å². The summed E-state index contributed by atoms with van der Waals surface area (Å²) in [4.78, 5) is 29.9. The highest BCUT2D eigenvalue weighted by molar-refractivity contribution is 7.17. The van der Waals surface area contributed by atoms with Crippen LogP contribution in [0.2, 0.25) is 5.02 Å². The maximum atomic E-state index is 11.7. The van der Waals surface area contributed by atoms with Gasteiger partial charge in [0.05, 0.1) is 16.9 Å². The molecule has 0 unspecified atom stereocenters. The van der Waals surface area contributed by atoms with Crippen molar-refractivity contribution in [3.05, 3.63) is 51.7 Å². The standard InChI is InChI=1S/C20H22ClN7OS/c1-12-4-3-5-14(21)18(12)28(20-24-11-15(30-20)19(22)29)17-10-16(25-13(2)26-17)27-8-6-23-7-9-27/h3-5,10-11,23H,6-9H2,1-2H3,(H2,22,29). The first-order valence-corrected chi connectivity index (χ1v) is 10.8. The minimum Gasteiger partial charge on any atom is -0.365 e. The number of rotatable bonds is 5. The fourth-order valence-corrected chi connectivity index (χ4v) is 4.49. The molecule has 1 aliphatic heterocycles. The Morgan fingerprint density at radius 3 is 2.70 bits per heavy atom. The van der Waals surface area contributed by atoms with Crippen LogP contribution in [0.1, 0.15) is 21.1 Å². The number of primary amides is 1. The Kier molecular flexibility index (Phi) is 5.85. The van der Waals surface area contributed by atoms with E-state index in [1.807, 2.05) is 43.0 Å². The van der Waals surface area contributed by atoms with E-state index in [-0.39, 0.29) is 0 Å². The molecule has 0 spiro atoms. The van der Waals surface area contributed by atoms with Crippen molar-refractivity contribution in [3.63, 3.8) is 0 Å². The molecule has 0 saturated carbocycles. The van der Waals surface area contributed by atoms with Crippen molar-refractivity contribution in [1.82, 2.24) is 20.3 Å². The van der Waals surface area contributed by atoms with Gasteiger partial charge < -0.3 is 16.0 Å². The molecule has 1 saturated heterocycles. The summed E-state index contributed by atoms with van der Waals surface area (Å²) in [6, 6.07) is 7.63. The molecule has 2 aromatic heterocycles. The second-order valence-corrected chi connectivity index (χ2v) is 8.40. The third-order valence-corrected chi connectivity index (χ3v) is 6.12. The SMILES string of the molecule is Cc1nc(N2CCNCC2)cc(N(c2ncc(C(N)=O)s2)c2c(C)cccc2Cl)n1. The molecule has 3 aromatic rings. The molecule has 3 N–H and O–H groups in total. The molecular formula is C20H22ClN7OS. The summed E-state index contributed by atoms with van der Waals surface area (Å²) in [5.41, 5.74) is 7.17. The number of carbonyl (C=O) groups is 1. The zero-order chi connectivity index (χ0) is 21.3. The summed E-state index contributed by atoms with van der Waals surface area (Å²) < 4.78 is 0. The van der Waals surface area contributed by atoms with Crippen LogP contribution >= 0.6 is 22.9 Å². The van der Waals surface area contributed by atoms with E-state index >= 15 is 0 Å². The van der Waals surface area contributed by atoms with E-state index in [0.29, 0.717) is 26.7 Å². The normalized spacial score (nSPS) is 14.0. The fraction of sp³-hybridized carbons (Fsp3) is 0.300. The second kappa shape index (κ2) is 8.55. The van der Waals surface area contributed by atoms with Crippen molar-refractivity contribution >= 4 is 51.3 Å². The number of nitrogens with zero attached hydrogens (tertiary/aromatic N) is 5. The quantitative estimate of drug-likeness (QED) is 0.624. The lowest BCUT2D eigenvalue weighted by Gasteiger charge is -2.30. The van der Waals surface area contributed by atoms with E-state index in [1.165, 1.54) is 17.5 Å². The number of nitrogens with two attached hydrogens (primary N) is 1. The molecular weight excluding hydrogens is 422 g/mol. The van der Waals surface area contributed by atoms with Gasteiger partial charge in [0.2, 0.25) is 0 Å². The second-order valence-electron chi connectivity index (χ2n) is 6.98. The molecule has 0 radical (unpaired) electrons. The number of carbonyl (C=O) groups excluding carboxylic acids is 1. The van der Waals surface area contributed by atoms with Crippen LogP contribution in [0.25, 0.3) is 0 Å². The van der Waals surface area contributed by atoms with Crippen LogP contribution < -0.4 is 20.9 Å². The summed E-state index contributed by atoms with van der Waals surface area (Å²) in [7, 11) is 0. The van der Waals surface area contributed by atoms with Crippen molar-refractivity contribution in [2.75, 3.05) is 36.0 Å². The monoisotopic (exact) mass is 443 g/mol. The number of nitrogens with one attached hydrogen (secondary N) is 1. The van der Waals surface area contributed by atoms with E-state index in [2.05, 4.69) is 25.2 Å². The molecule has 1 fully saturated rings. The first-order valence-electron chi connectivity index (χ1n) is 9.56. The molecule has 8 nitrogen and oxygen atoms in total. The number of benzene rings is 1. The van der Waals surface area contributed by atoms with Gasteiger partial charge in [-0.3, -0.25) is 9.69 Å². The number of piperazine rings is 1. The Bertz CT molecular complexity index is 1060. The lowest BCUT2D eigenvalue weighted by molar-refractivity contribution is 0.100. The third-order valence-electron chi connectivity index (χ3n) is 4.82. The molecule has 1 amide bonds. The molecule has 1 aromatic carbocycles. The van der Waals surface area contributed by atoms with Gasteiger partial charge in [-0.25, -0.2) is 15.0 Å². The summed E-state index contributed by atoms with van der Waals surface area (Å²) in [5, 5.41) is 4.47. The fourth-order valence-electron chi connectivity index (χ4n) is 3.40. The summed E-state index contributed by atoms with van der Waals surface area (Å²) in [6.45, 7) is 7.38. The molecule has 0 atom stereocenters.